The van der Waals surface area contributed by atoms with E-state index in [0.29, 0.717) is 39.0 Å². The van der Waals surface area contributed by atoms with Crippen LogP contribution in [-0.4, -0.2) is 66.7 Å². The van der Waals surface area contributed by atoms with Gasteiger partial charge in [0.05, 0.1) is 12.6 Å². The largest absolute Gasteiger partial charge is 0.401 e. The zero-order valence-corrected chi connectivity index (χ0v) is 13.0. The van der Waals surface area contributed by atoms with Crippen LogP contribution in [0.3, 0.4) is 0 Å². The number of nitrogens with zero attached hydrogens (tertiary/aromatic N) is 2. The van der Waals surface area contributed by atoms with Crippen molar-refractivity contribution < 1.29 is 18.0 Å². The molecule has 1 amide bonds. The van der Waals surface area contributed by atoms with Crippen LogP contribution >= 0.6 is 0 Å². The zero-order chi connectivity index (χ0) is 16.0. The molecule has 0 radical (unpaired) electrons. The van der Waals surface area contributed by atoms with E-state index in [1.807, 2.05) is 13.8 Å². The fourth-order valence-corrected chi connectivity index (χ4v) is 2.87. The van der Waals surface area contributed by atoms with Crippen molar-refractivity contribution in [1.29, 1.82) is 0 Å². The second-order valence-corrected chi connectivity index (χ2v) is 5.46. The van der Waals surface area contributed by atoms with Crippen molar-refractivity contribution in [3.8, 4) is 0 Å². The standard InChI is InChI=1S/C14H26F3N3O/c1-4-19(5-2)13(21)11(3)20(10-14(15,16)17)12-6-8-18-9-7-12/h11-12,18H,4-10H2,1-3H3. The topological polar surface area (TPSA) is 35.6 Å². The molecular formula is C14H26F3N3O. The van der Waals surface area contributed by atoms with Crippen LogP contribution in [0.4, 0.5) is 13.2 Å². The van der Waals surface area contributed by atoms with Gasteiger partial charge in [0, 0.05) is 19.1 Å². The molecule has 0 bridgehead atoms. The summed E-state index contributed by atoms with van der Waals surface area (Å²) in [7, 11) is 0. The van der Waals surface area contributed by atoms with Gasteiger partial charge in [0.15, 0.2) is 0 Å². The van der Waals surface area contributed by atoms with E-state index in [1.54, 1.807) is 11.8 Å². The summed E-state index contributed by atoms with van der Waals surface area (Å²) in [4.78, 5) is 15.3. The zero-order valence-electron chi connectivity index (χ0n) is 13.0. The molecule has 7 heteroatoms. The first kappa shape index (κ1) is 18.2. The lowest BCUT2D eigenvalue weighted by Gasteiger charge is -2.39. The monoisotopic (exact) mass is 309 g/mol. The predicted octanol–water partition coefficient (Wildman–Crippen LogP) is 1.86. The van der Waals surface area contributed by atoms with Crippen molar-refractivity contribution >= 4 is 5.91 Å². The molecule has 1 unspecified atom stereocenters. The molecule has 0 spiro atoms. The Kier molecular flexibility index (Phi) is 6.93. The van der Waals surface area contributed by atoms with Crippen LogP contribution in [0.25, 0.3) is 0 Å². The smallest absolute Gasteiger partial charge is 0.342 e. The molecule has 1 heterocycles. The Bertz CT molecular complexity index is 326. The molecule has 1 rings (SSSR count). The molecule has 21 heavy (non-hydrogen) atoms. The Labute approximate surface area is 124 Å². The highest BCUT2D eigenvalue weighted by molar-refractivity contribution is 5.81. The van der Waals surface area contributed by atoms with Gasteiger partial charge in [0.25, 0.3) is 0 Å². The van der Waals surface area contributed by atoms with E-state index in [2.05, 4.69) is 5.32 Å². The van der Waals surface area contributed by atoms with E-state index >= 15 is 0 Å². The quantitative estimate of drug-likeness (QED) is 0.813. The van der Waals surface area contributed by atoms with Crippen molar-refractivity contribution in [3.63, 3.8) is 0 Å². The van der Waals surface area contributed by atoms with Crippen LogP contribution in [0.2, 0.25) is 0 Å². The first-order chi connectivity index (χ1) is 9.80. The van der Waals surface area contributed by atoms with Crippen LogP contribution in [0.15, 0.2) is 0 Å². The number of alkyl halides is 3. The van der Waals surface area contributed by atoms with Crippen molar-refractivity contribution in [2.45, 2.75) is 51.9 Å². The van der Waals surface area contributed by atoms with E-state index in [-0.39, 0.29) is 11.9 Å². The molecule has 1 N–H and O–H groups in total. The number of hydrogen-bond acceptors (Lipinski definition) is 3. The molecule has 0 aliphatic carbocycles. The van der Waals surface area contributed by atoms with E-state index in [0.717, 1.165) is 0 Å². The average molecular weight is 309 g/mol. The molecule has 1 aliphatic rings. The Morgan fingerprint density at radius 1 is 1.24 bits per heavy atom. The lowest BCUT2D eigenvalue weighted by atomic mass is 10.0. The van der Waals surface area contributed by atoms with Crippen molar-refractivity contribution in [2.24, 2.45) is 0 Å². The third kappa shape index (κ3) is 5.47. The predicted molar refractivity (Wildman–Crippen MR) is 76.0 cm³/mol. The molecule has 4 nitrogen and oxygen atoms in total. The molecule has 0 aromatic carbocycles. The number of likely N-dealkylation sites (N-methyl/N-ethyl adjacent to an activating group) is 1. The van der Waals surface area contributed by atoms with Gasteiger partial charge < -0.3 is 10.2 Å². The summed E-state index contributed by atoms with van der Waals surface area (Å²) >= 11 is 0. The summed E-state index contributed by atoms with van der Waals surface area (Å²) in [5, 5.41) is 3.14. The minimum absolute atomic E-state index is 0.192. The fraction of sp³-hybridized carbons (Fsp3) is 0.929. The highest BCUT2D eigenvalue weighted by Crippen LogP contribution is 2.24. The molecule has 1 aliphatic heterocycles. The van der Waals surface area contributed by atoms with Crippen molar-refractivity contribution in [3.05, 3.63) is 0 Å². The van der Waals surface area contributed by atoms with Gasteiger partial charge in [-0.05, 0) is 46.7 Å². The summed E-state index contributed by atoms with van der Waals surface area (Å²) < 4.78 is 38.6. The number of carbonyl (C=O) groups is 1. The van der Waals surface area contributed by atoms with Gasteiger partial charge in [-0.1, -0.05) is 0 Å². The average Bonchev–Trinajstić information content (AvgIpc) is 2.45. The number of halogens is 3. The maximum Gasteiger partial charge on any atom is 0.401 e. The summed E-state index contributed by atoms with van der Waals surface area (Å²) in [5.41, 5.74) is 0. The van der Waals surface area contributed by atoms with Gasteiger partial charge in [0.1, 0.15) is 0 Å². The van der Waals surface area contributed by atoms with Crippen molar-refractivity contribution in [1.82, 2.24) is 15.1 Å². The van der Waals surface area contributed by atoms with Crippen LogP contribution in [0.5, 0.6) is 0 Å². The molecular weight excluding hydrogens is 283 g/mol. The number of hydrogen-bond donors (Lipinski definition) is 1. The van der Waals surface area contributed by atoms with E-state index in [9.17, 15) is 18.0 Å². The fourth-order valence-electron chi connectivity index (χ4n) is 2.87. The Morgan fingerprint density at radius 3 is 2.19 bits per heavy atom. The van der Waals surface area contributed by atoms with Gasteiger partial charge in [-0.15, -0.1) is 0 Å². The molecule has 0 aromatic rings. The van der Waals surface area contributed by atoms with Gasteiger partial charge in [-0.3, -0.25) is 9.69 Å². The lowest BCUT2D eigenvalue weighted by molar-refractivity contribution is -0.164. The third-order valence-electron chi connectivity index (χ3n) is 4.07. The minimum Gasteiger partial charge on any atom is -0.342 e. The van der Waals surface area contributed by atoms with E-state index < -0.39 is 18.8 Å². The van der Waals surface area contributed by atoms with Crippen LogP contribution in [-0.2, 0) is 4.79 Å². The Hall–Kier alpha value is -0.820. The molecule has 1 fully saturated rings. The lowest BCUT2D eigenvalue weighted by Crippen LogP contribution is -2.55. The normalized spacial score (nSPS) is 18.8. The van der Waals surface area contributed by atoms with Gasteiger partial charge in [-0.2, -0.15) is 13.2 Å². The SMILES string of the molecule is CCN(CC)C(=O)C(C)N(CC(F)(F)F)C1CCNCC1. The molecule has 1 atom stereocenters. The number of carbonyl (C=O) groups excluding carboxylic acids is 1. The summed E-state index contributed by atoms with van der Waals surface area (Å²) in [6.07, 6.45) is -3.00. The maximum atomic E-state index is 12.9. The molecule has 0 aromatic heterocycles. The van der Waals surface area contributed by atoms with Gasteiger partial charge >= 0.3 is 6.18 Å². The number of amides is 1. The van der Waals surface area contributed by atoms with Gasteiger partial charge in [0.2, 0.25) is 5.91 Å². The summed E-state index contributed by atoms with van der Waals surface area (Å²) in [5.74, 6) is -0.220. The van der Waals surface area contributed by atoms with E-state index in [4.69, 9.17) is 0 Å². The summed E-state index contributed by atoms with van der Waals surface area (Å²) in [6.45, 7) is 6.69. The summed E-state index contributed by atoms with van der Waals surface area (Å²) in [6, 6.07) is -0.933. The highest BCUT2D eigenvalue weighted by Gasteiger charge is 2.39. The maximum absolute atomic E-state index is 12.9. The molecule has 0 saturated carbocycles. The highest BCUT2D eigenvalue weighted by atomic mass is 19.4. The second-order valence-electron chi connectivity index (χ2n) is 5.46. The Balaban J connectivity index is 2.85. The van der Waals surface area contributed by atoms with Crippen molar-refractivity contribution in [2.75, 3.05) is 32.7 Å². The van der Waals surface area contributed by atoms with E-state index in [1.165, 1.54) is 4.90 Å². The first-order valence-electron chi connectivity index (χ1n) is 7.62. The number of rotatable bonds is 6. The third-order valence-corrected chi connectivity index (χ3v) is 4.07. The molecule has 1 saturated heterocycles. The Morgan fingerprint density at radius 2 is 1.76 bits per heavy atom. The van der Waals surface area contributed by atoms with Crippen LogP contribution in [0.1, 0.15) is 33.6 Å². The first-order valence-corrected chi connectivity index (χ1v) is 7.62. The second kappa shape index (κ2) is 7.98. The number of piperidine rings is 1. The molecule has 124 valence electrons. The van der Waals surface area contributed by atoms with Crippen LogP contribution < -0.4 is 5.32 Å². The number of nitrogens with one attached hydrogen (secondary N) is 1. The van der Waals surface area contributed by atoms with Gasteiger partial charge in [-0.25, -0.2) is 0 Å². The minimum atomic E-state index is -4.29. The van der Waals surface area contributed by atoms with Crippen LogP contribution in [0, 0.1) is 0 Å².